The molecule has 0 aliphatic heterocycles. The van der Waals surface area contributed by atoms with E-state index in [1.165, 1.54) is 0 Å². The Morgan fingerprint density at radius 2 is 1.86 bits per heavy atom. The Balaban J connectivity index is 1.93. The van der Waals surface area contributed by atoms with Gasteiger partial charge in [-0.15, -0.1) is 0 Å². The molecule has 0 spiro atoms. The summed E-state index contributed by atoms with van der Waals surface area (Å²) in [6, 6.07) is 16.8. The number of rotatable bonds is 7. The molecule has 0 aliphatic carbocycles. The van der Waals surface area contributed by atoms with Crippen LogP contribution in [-0.2, 0) is 16.1 Å². The summed E-state index contributed by atoms with van der Waals surface area (Å²) in [6.45, 7) is 1.62. The van der Waals surface area contributed by atoms with Gasteiger partial charge in [-0.1, -0.05) is 30.3 Å². The molecule has 0 atom stereocenters. The Morgan fingerprint density at radius 1 is 1.05 bits per heavy atom. The first-order valence-electron chi connectivity index (χ1n) is 6.81. The van der Waals surface area contributed by atoms with Gasteiger partial charge in [0.15, 0.2) is 0 Å². The van der Waals surface area contributed by atoms with Crippen LogP contribution in [0.3, 0.4) is 0 Å². The fourth-order valence-electron chi connectivity index (χ4n) is 1.86. The molecule has 1 amide bonds. The number of carbonyl (C=O) groups excluding carboxylic acids is 1. The maximum Gasteiger partial charge on any atom is 0.255 e. The molecule has 0 fully saturated rings. The first kappa shape index (κ1) is 15.2. The fraction of sp³-hybridized carbons (Fsp3) is 0.235. The van der Waals surface area contributed by atoms with E-state index in [1.54, 1.807) is 19.2 Å². The van der Waals surface area contributed by atoms with Crippen LogP contribution in [0.25, 0.3) is 0 Å². The lowest BCUT2D eigenvalue weighted by atomic mass is 10.2. The molecule has 2 rings (SSSR count). The molecule has 0 unspecified atom stereocenters. The van der Waals surface area contributed by atoms with Gasteiger partial charge in [0.05, 0.1) is 19.8 Å². The van der Waals surface area contributed by atoms with Crippen LogP contribution in [0.5, 0.6) is 0 Å². The van der Waals surface area contributed by atoms with Crippen LogP contribution in [-0.4, -0.2) is 26.2 Å². The molecule has 110 valence electrons. The SMILES string of the molecule is COCCOCc1cccc(NC(=O)c2ccccc2)c1. The van der Waals surface area contributed by atoms with Gasteiger partial charge in [-0.25, -0.2) is 0 Å². The first-order chi connectivity index (χ1) is 10.3. The van der Waals surface area contributed by atoms with E-state index in [1.807, 2.05) is 42.5 Å². The average Bonchev–Trinajstić information content (AvgIpc) is 2.53. The number of carbonyl (C=O) groups is 1. The van der Waals surface area contributed by atoms with Gasteiger partial charge < -0.3 is 14.8 Å². The van der Waals surface area contributed by atoms with Gasteiger partial charge >= 0.3 is 0 Å². The van der Waals surface area contributed by atoms with Crippen molar-refractivity contribution in [3.63, 3.8) is 0 Å². The lowest BCUT2D eigenvalue weighted by molar-refractivity contribution is 0.0617. The molecule has 2 aromatic rings. The van der Waals surface area contributed by atoms with Crippen LogP contribution in [0.1, 0.15) is 15.9 Å². The van der Waals surface area contributed by atoms with E-state index in [4.69, 9.17) is 9.47 Å². The summed E-state index contributed by atoms with van der Waals surface area (Å²) in [5.41, 5.74) is 2.41. The Labute approximate surface area is 124 Å². The zero-order chi connectivity index (χ0) is 14.9. The van der Waals surface area contributed by atoms with Crippen molar-refractivity contribution in [1.29, 1.82) is 0 Å². The zero-order valence-corrected chi connectivity index (χ0v) is 12.0. The molecule has 2 aromatic carbocycles. The van der Waals surface area contributed by atoms with Crippen molar-refractivity contribution in [1.82, 2.24) is 0 Å². The van der Waals surface area contributed by atoms with Crippen LogP contribution < -0.4 is 5.32 Å². The maximum atomic E-state index is 12.1. The van der Waals surface area contributed by atoms with E-state index in [0.717, 1.165) is 11.3 Å². The summed E-state index contributed by atoms with van der Waals surface area (Å²) in [5, 5.41) is 2.88. The largest absolute Gasteiger partial charge is 0.382 e. The third-order valence-electron chi connectivity index (χ3n) is 2.92. The van der Waals surface area contributed by atoms with Crippen molar-refractivity contribution in [2.24, 2.45) is 0 Å². The summed E-state index contributed by atoms with van der Waals surface area (Å²) in [6.07, 6.45) is 0. The minimum absolute atomic E-state index is 0.118. The quantitative estimate of drug-likeness (QED) is 0.795. The summed E-state index contributed by atoms with van der Waals surface area (Å²) in [5.74, 6) is -0.118. The highest BCUT2D eigenvalue weighted by molar-refractivity contribution is 6.04. The Morgan fingerprint density at radius 3 is 2.62 bits per heavy atom. The Bertz CT molecular complexity index is 569. The van der Waals surface area contributed by atoms with Crippen LogP contribution in [0.15, 0.2) is 54.6 Å². The second-order valence-corrected chi connectivity index (χ2v) is 4.57. The highest BCUT2D eigenvalue weighted by atomic mass is 16.5. The molecular formula is C17H19NO3. The van der Waals surface area contributed by atoms with Gasteiger partial charge in [0.1, 0.15) is 0 Å². The molecular weight excluding hydrogens is 266 g/mol. The average molecular weight is 285 g/mol. The standard InChI is InChI=1S/C17H19NO3/c1-20-10-11-21-13-14-6-5-9-16(12-14)18-17(19)15-7-3-2-4-8-15/h2-9,12H,10-11,13H2,1H3,(H,18,19). The zero-order valence-electron chi connectivity index (χ0n) is 12.0. The second-order valence-electron chi connectivity index (χ2n) is 4.57. The normalized spacial score (nSPS) is 10.3. The van der Waals surface area contributed by atoms with Crippen molar-refractivity contribution in [2.75, 3.05) is 25.6 Å². The van der Waals surface area contributed by atoms with E-state index in [0.29, 0.717) is 25.4 Å². The van der Waals surface area contributed by atoms with Gasteiger partial charge in [-0.05, 0) is 29.8 Å². The van der Waals surface area contributed by atoms with E-state index < -0.39 is 0 Å². The number of amides is 1. The monoisotopic (exact) mass is 285 g/mol. The molecule has 4 heteroatoms. The van der Waals surface area contributed by atoms with Crippen LogP contribution in [0.4, 0.5) is 5.69 Å². The first-order valence-corrected chi connectivity index (χ1v) is 6.81. The lowest BCUT2D eigenvalue weighted by Gasteiger charge is -2.08. The summed E-state index contributed by atoms with van der Waals surface area (Å²) < 4.78 is 10.4. The number of anilines is 1. The van der Waals surface area contributed by atoms with Gasteiger partial charge in [-0.3, -0.25) is 4.79 Å². The minimum Gasteiger partial charge on any atom is -0.382 e. The van der Waals surface area contributed by atoms with Crippen molar-refractivity contribution in [2.45, 2.75) is 6.61 Å². The van der Waals surface area contributed by atoms with E-state index in [-0.39, 0.29) is 5.91 Å². The van der Waals surface area contributed by atoms with Gasteiger partial charge in [0.25, 0.3) is 5.91 Å². The van der Waals surface area contributed by atoms with Crippen LogP contribution in [0.2, 0.25) is 0 Å². The predicted octanol–water partition coefficient (Wildman–Crippen LogP) is 3.10. The third-order valence-corrected chi connectivity index (χ3v) is 2.92. The van der Waals surface area contributed by atoms with Crippen molar-refractivity contribution >= 4 is 11.6 Å². The summed E-state index contributed by atoms with van der Waals surface area (Å²) >= 11 is 0. The molecule has 0 bridgehead atoms. The van der Waals surface area contributed by atoms with Gasteiger partial charge in [0.2, 0.25) is 0 Å². The number of nitrogens with one attached hydrogen (secondary N) is 1. The van der Waals surface area contributed by atoms with E-state index in [2.05, 4.69) is 5.32 Å². The number of methoxy groups -OCH3 is 1. The number of benzene rings is 2. The summed E-state index contributed by atoms with van der Waals surface area (Å²) in [4.78, 5) is 12.1. The third kappa shape index (κ3) is 5.02. The van der Waals surface area contributed by atoms with Gasteiger partial charge in [-0.2, -0.15) is 0 Å². The number of hydrogen-bond acceptors (Lipinski definition) is 3. The minimum atomic E-state index is -0.118. The van der Waals surface area contributed by atoms with E-state index >= 15 is 0 Å². The Hall–Kier alpha value is -2.17. The van der Waals surface area contributed by atoms with Crippen molar-refractivity contribution in [3.05, 3.63) is 65.7 Å². The van der Waals surface area contributed by atoms with Crippen molar-refractivity contribution < 1.29 is 14.3 Å². The summed E-state index contributed by atoms with van der Waals surface area (Å²) in [7, 11) is 1.64. The Kier molecular flexibility index (Phi) is 5.94. The second kappa shape index (κ2) is 8.19. The predicted molar refractivity (Wildman–Crippen MR) is 82.4 cm³/mol. The highest BCUT2D eigenvalue weighted by Crippen LogP contribution is 2.13. The number of ether oxygens (including phenoxy) is 2. The molecule has 1 N–H and O–H groups in total. The highest BCUT2D eigenvalue weighted by Gasteiger charge is 2.05. The topological polar surface area (TPSA) is 47.6 Å². The van der Waals surface area contributed by atoms with Gasteiger partial charge in [0, 0.05) is 18.4 Å². The maximum absolute atomic E-state index is 12.1. The molecule has 0 saturated carbocycles. The van der Waals surface area contributed by atoms with Crippen LogP contribution >= 0.6 is 0 Å². The number of hydrogen-bond donors (Lipinski definition) is 1. The molecule has 0 radical (unpaired) electrons. The molecule has 0 saturated heterocycles. The lowest BCUT2D eigenvalue weighted by Crippen LogP contribution is -2.11. The molecule has 0 aliphatic rings. The molecule has 21 heavy (non-hydrogen) atoms. The smallest absolute Gasteiger partial charge is 0.255 e. The molecule has 4 nitrogen and oxygen atoms in total. The fourth-order valence-corrected chi connectivity index (χ4v) is 1.86. The molecule has 0 heterocycles. The molecule has 0 aromatic heterocycles. The van der Waals surface area contributed by atoms with Crippen LogP contribution in [0, 0.1) is 0 Å². The van der Waals surface area contributed by atoms with E-state index in [9.17, 15) is 4.79 Å². The van der Waals surface area contributed by atoms with Crippen molar-refractivity contribution in [3.8, 4) is 0 Å².